The van der Waals surface area contributed by atoms with E-state index in [1.54, 1.807) is 0 Å². The first-order valence-corrected chi connectivity index (χ1v) is 3.55. The van der Waals surface area contributed by atoms with Gasteiger partial charge in [0.05, 0.1) is 11.8 Å². The lowest BCUT2D eigenvalue weighted by Gasteiger charge is -2.15. The van der Waals surface area contributed by atoms with Crippen LogP contribution in [0.3, 0.4) is 0 Å². The molecule has 0 bridgehead atoms. The van der Waals surface area contributed by atoms with E-state index in [0.717, 1.165) is 0 Å². The van der Waals surface area contributed by atoms with Gasteiger partial charge in [0.1, 0.15) is 0 Å². The van der Waals surface area contributed by atoms with Crippen LogP contribution in [0.25, 0.3) is 0 Å². The highest BCUT2D eigenvalue weighted by molar-refractivity contribution is 5.18. The monoisotopic (exact) mass is 204 g/mol. The maximum atomic E-state index is 11.9. The molecule has 0 aromatic carbocycles. The Labute approximate surface area is 70.9 Å². The molecule has 1 rings (SSSR count). The van der Waals surface area contributed by atoms with Crippen molar-refractivity contribution in [1.29, 1.82) is 0 Å². The van der Waals surface area contributed by atoms with Crippen LogP contribution >= 0.6 is 0 Å². The van der Waals surface area contributed by atoms with Crippen molar-refractivity contribution in [3.63, 3.8) is 0 Å². The van der Waals surface area contributed by atoms with Crippen LogP contribution in [0.2, 0.25) is 0 Å². The maximum absolute atomic E-state index is 11.9. The lowest BCUT2D eigenvalue weighted by molar-refractivity contribution is -0.124. The van der Waals surface area contributed by atoms with E-state index in [0.29, 0.717) is 0 Å². The third-order valence-electron chi connectivity index (χ3n) is 1.96. The zero-order valence-electron chi connectivity index (χ0n) is 6.39. The van der Waals surface area contributed by atoms with E-state index in [-0.39, 0.29) is 0 Å². The first-order chi connectivity index (χ1) is 5.71. The van der Waals surface area contributed by atoms with Crippen molar-refractivity contribution >= 4 is 0 Å². The van der Waals surface area contributed by atoms with Gasteiger partial charge >= 0.3 is 12.4 Å². The molecular formula is C7H6F6. The van der Waals surface area contributed by atoms with E-state index in [4.69, 9.17) is 0 Å². The Bertz CT molecular complexity index is 158. The van der Waals surface area contributed by atoms with E-state index in [1.165, 1.54) is 0 Å². The van der Waals surface area contributed by atoms with E-state index in [9.17, 15) is 26.3 Å². The Balaban J connectivity index is 2.55. The highest BCUT2D eigenvalue weighted by atomic mass is 19.4. The van der Waals surface area contributed by atoms with Crippen molar-refractivity contribution in [1.82, 2.24) is 0 Å². The van der Waals surface area contributed by atoms with Crippen LogP contribution in [0.4, 0.5) is 26.3 Å². The van der Waals surface area contributed by atoms with E-state index >= 15 is 0 Å². The summed E-state index contributed by atoms with van der Waals surface area (Å²) in [6.45, 7) is 0. The Morgan fingerprint density at radius 3 is 1.15 bits per heavy atom. The molecule has 0 heterocycles. The quantitative estimate of drug-likeness (QED) is 0.530. The Morgan fingerprint density at radius 2 is 1.00 bits per heavy atom. The summed E-state index contributed by atoms with van der Waals surface area (Å²) in [5.41, 5.74) is 0. The fraction of sp³-hybridized carbons (Fsp3) is 0.714. The fourth-order valence-corrected chi connectivity index (χ4v) is 1.22. The highest BCUT2D eigenvalue weighted by Crippen LogP contribution is 2.49. The van der Waals surface area contributed by atoms with Crippen molar-refractivity contribution in [2.24, 2.45) is 0 Å². The average Bonchev–Trinajstić information content (AvgIpc) is 2.28. The third kappa shape index (κ3) is 2.51. The van der Waals surface area contributed by atoms with Crippen LogP contribution in [-0.4, -0.2) is 12.4 Å². The van der Waals surface area contributed by atoms with Crippen molar-refractivity contribution in [2.75, 3.05) is 0 Å². The summed E-state index contributed by atoms with van der Waals surface area (Å²) < 4.78 is 71.4. The largest absolute Gasteiger partial charge is 0.395 e. The van der Waals surface area contributed by atoms with Gasteiger partial charge in [0.15, 0.2) is 0 Å². The highest BCUT2D eigenvalue weighted by Gasteiger charge is 2.52. The molecule has 0 aromatic rings. The van der Waals surface area contributed by atoms with Gasteiger partial charge in [0, 0.05) is 0 Å². The molecule has 0 amide bonds. The molecule has 1 saturated carbocycles. The summed E-state index contributed by atoms with van der Waals surface area (Å²) in [5, 5.41) is 0. The lowest BCUT2D eigenvalue weighted by atomic mass is 10.0. The van der Waals surface area contributed by atoms with Crippen LogP contribution in [0, 0.1) is 11.8 Å². The molecule has 2 radical (unpaired) electrons. The number of halogens is 6. The maximum Gasteiger partial charge on any atom is 0.395 e. The molecule has 76 valence electrons. The molecular weight excluding hydrogens is 198 g/mol. The summed E-state index contributed by atoms with van der Waals surface area (Å²) in [5.74, 6) is -1.94. The molecule has 0 unspecified atom stereocenters. The summed E-state index contributed by atoms with van der Waals surface area (Å²) in [6, 6.07) is 0. The van der Waals surface area contributed by atoms with Gasteiger partial charge in [-0.2, -0.15) is 26.3 Å². The minimum Gasteiger partial charge on any atom is -0.170 e. The minimum absolute atomic E-state index is 0.516. The minimum atomic E-state index is -4.58. The van der Waals surface area contributed by atoms with Crippen molar-refractivity contribution in [3.05, 3.63) is 11.8 Å². The Kier molecular flexibility index (Phi) is 2.51. The zero-order valence-corrected chi connectivity index (χ0v) is 6.39. The van der Waals surface area contributed by atoms with Crippen LogP contribution in [0.15, 0.2) is 0 Å². The Morgan fingerprint density at radius 1 is 0.692 bits per heavy atom. The second-order valence-electron chi connectivity index (χ2n) is 2.88. The second kappa shape index (κ2) is 3.06. The molecule has 0 aromatic heterocycles. The van der Waals surface area contributed by atoms with E-state index in [2.05, 4.69) is 0 Å². The first kappa shape index (κ1) is 10.7. The van der Waals surface area contributed by atoms with Gasteiger partial charge in [-0.3, -0.25) is 0 Å². The number of hydrogen-bond donors (Lipinski definition) is 0. The SMILES string of the molecule is FC(F)(F)[C]1CC[C](C(F)(F)F)C1. The van der Waals surface area contributed by atoms with Crippen LogP contribution in [0.1, 0.15) is 19.3 Å². The predicted octanol–water partition coefficient (Wildman–Crippen LogP) is 3.44. The smallest absolute Gasteiger partial charge is 0.170 e. The molecule has 0 atom stereocenters. The van der Waals surface area contributed by atoms with Crippen LogP contribution in [0.5, 0.6) is 0 Å². The average molecular weight is 204 g/mol. The lowest BCUT2D eigenvalue weighted by Crippen LogP contribution is -2.21. The molecule has 0 aliphatic heterocycles. The normalized spacial score (nSPS) is 22.6. The van der Waals surface area contributed by atoms with Gasteiger partial charge in [0.25, 0.3) is 0 Å². The predicted molar refractivity (Wildman–Crippen MR) is 32.4 cm³/mol. The van der Waals surface area contributed by atoms with E-state index < -0.39 is 43.5 Å². The molecule has 6 heteroatoms. The summed E-state index contributed by atoms with van der Waals surface area (Å²) in [4.78, 5) is 0. The third-order valence-corrected chi connectivity index (χ3v) is 1.96. The van der Waals surface area contributed by atoms with Crippen molar-refractivity contribution in [3.8, 4) is 0 Å². The molecule has 1 fully saturated rings. The molecule has 1 aliphatic carbocycles. The second-order valence-corrected chi connectivity index (χ2v) is 2.88. The molecule has 0 N–H and O–H groups in total. The number of hydrogen-bond acceptors (Lipinski definition) is 0. The summed E-state index contributed by atoms with van der Waals surface area (Å²) >= 11 is 0. The molecule has 0 spiro atoms. The fourth-order valence-electron chi connectivity index (χ4n) is 1.22. The van der Waals surface area contributed by atoms with E-state index in [1.807, 2.05) is 0 Å². The topological polar surface area (TPSA) is 0 Å². The molecule has 0 saturated heterocycles. The van der Waals surface area contributed by atoms with Crippen molar-refractivity contribution < 1.29 is 26.3 Å². The number of alkyl halides is 6. The van der Waals surface area contributed by atoms with Gasteiger partial charge in [-0.05, 0) is 19.3 Å². The van der Waals surface area contributed by atoms with Gasteiger partial charge < -0.3 is 0 Å². The van der Waals surface area contributed by atoms with Crippen LogP contribution in [-0.2, 0) is 0 Å². The summed E-state index contributed by atoms with van der Waals surface area (Å²) in [6.07, 6.45) is -11.1. The van der Waals surface area contributed by atoms with Gasteiger partial charge in [-0.25, -0.2) is 0 Å². The van der Waals surface area contributed by atoms with Gasteiger partial charge in [-0.15, -0.1) is 0 Å². The standard InChI is InChI=1S/C7H6F6/c8-6(9,10)4-1-2-5(3-4)7(11,12)13/h1-3H2. The molecule has 13 heavy (non-hydrogen) atoms. The van der Waals surface area contributed by atoms with Crippen molar-refractivity contribution in [2.45, 2.75) is 31.6 Å². The van der Waals surface area contributed by atoms with Crippen LogP contribution < -0.4 is 0 Å². The number of rotatable bonds is 0. The Hall–Kier alpha value is -0.420. The molecule has 1 aliphatic rings. The zero-order chi connectivity index (χ0) is 10.3. The first-order valence-electron chi connectivity index (χ1n) is 3.55. The van der Waals surface area contributed by atoms with Gasteiger partial charge in [0.2, 0.25) is 0 Å². The summed E-state index contributed by atoms with van der Waals surface area (Å²) in [7, 11) is 0. The molecule has 0 nitrogen and oxygen atoms in total. The van der Waals surface area contributed by atoms with Gasteiger partial charge in [-0.1, -0.05) is 0 Å².